The number of rotatable bonds is 5. The van der Waals surface area contributed by atoms with Gasteiger partial charge in [0.2, 0.25) is 5.91 Å². The van der Waals surface area contributed by atoms with Gasteiger partial charge in [0.1, 0.15) is 0 Å². The zero-order chi connectivity index (χ0) is 11.1. The van der Waals surface area contributed by atoms with Crippen molar-refractivity contribution in [3.05, 3.63) is 0 Å². The quantitative estimate of drug-likeness (QED) is 0.688. The molecule has 0 aromatic rings. The highest BCUT2D eigenvalue weighted by atomic mass is 16.3. The molecule has 0 aromatic carbocycles. The maximum atomic E-state index is 11.0. The van der Waals surface area contributed by atoms with E-state index < -0.39 is 0 Å². The van der Waals surface area contributed by atoms with E-state index in [2.05, 4.69) is 10.2 Å². The summed E-state index contributed by atoms with van der Waals surface area (Å²) in [7, 11) is 1.68. The first-order valence-electron chi connectivity index (χ1n) is 5.80. The monoisotopic (exact) mass is 214 g/mol. The molecule has 1 saturated heterocycles. The second-order valence-corrected chi connectivity index (χ2v) is 4.24. The molecule has 15 heavy (non-hydrogen) atoms. The van der Waals surface area contributed by atoms with E-state index in [1.807, 2.05) is 0 Å². The molecular weight excluding hydrogens is 192 g/mol. The fraction of sp³-hybridized carbons (Fsp3) is 0.909. The minimum atomic E-state index is 0.125. The molecule has 0 bridgehead atoms. The number of carbonyl (C=O) groups is 1. The molecule has 4 nitrogen and oxygen atoms in total. The summed E-state index contributed by atoms with van der Waals surface area (Å²) in [5.74, 6) is 0.625. The molecule has 0 saturated carbocycles. The van der Waals surface area contributed by atoms with Gasteiger partial charge in [-0.2, -0.15) is 0 Å². The van der Waals surface area contributed by atoms with Crippen molar-refractivity contribution in [3.8, 4) is 0 Å². The SMILES string of the molecule is CNC(=O)CCCN1CCC(CO)CC1. The summed E-state index contributed by atoms with van der Waals surface area (Å²) in [5, 5.41) is 11.6. The standard InChI is InChI=1S/C11H22N2O2/c1-12-11(15)3-2-6-13-7-4-10(9-14)5-8-13/h10,14H,2-9H2,1H3,(H,12,15). The number of likely N-dealkylation sites (tertiary alicyclic amines) is 1. The molecule has 1 aliphatic rings. The number of hydrogen-bond acceptors (Lipinski definition) is 3. The second kappa shape index (κ2) is 6.80. The van der Waals surface area contributed by atoms with Crippen molar-refractivity contribution in [3.63, 3.8) is 0 Å². The third kappa shape index (κ3) is 4.62. The van der Waals surface area contributed by atoms with Crippen molar-refractivity contribution < 1.29 is 9.90 Å². The first-order chi connectivity index (χ1) is 7.26. The molecule has 0 aliphatic carbocycles. The average molecular weight is 214 g/mol. The predicted molar refractivity (Wildman–Crippen MR) is 59.6 cm³/mol. The van der Waals surface area contributed by atoms with Crippen molar-refractivity contribution in [2.24, 2.45) is 5.92 Å². The first kappa shape index (κ1) is 12.5. The van der Waals surface area contributed by atoms with Crippen LogP contribution in [0, 0.1) is 5.92 Å². The summed E-state index contributed by atoms with van der Waals surface area (Å²) in [6, 6.07) is 0. The summed E-state index contributed by atoms with van der Waals surface area (Å²) in [6.45, 7) is 3.47. The molecule has 1 fully saturated rings. The van der Waals surface area contributed by atoms with Gasteiger partial charge in [0.15, 0.2) is 0 Å². The molecule has 0 atom stereocenters. The number of nitrogens with one attached hydrogen (secondary N) is 1. The van der Waals surface area contributed by atoms with Gasteiger partial charge >= 0.3 is 0 Å². The molecule has 0 spiro atoms. The number of aliphatic hydroxyl groups excluding tert-OH is 1. The van der Waals surface area contributed by atoms with Crippen molar-refractivity contribution >= 4 is 5.91 Å². The Bertz CT molecular complexity index is 189. The Kier molecular flexibility index (Phi) is 5.65. The lowest BCUT2D eigenvalue weighted by Gasteiger charge is -2.30. The van der Waals surface area contributed by atoms with E-state index in [0.29, 0.717) is 18.9 Å². The average Bonchev–Trinajstić information content (AvgIpc) is 2.29. The molecular formula is C11H22N2O2. The number of nitrogens with zero attached hydrogens (tertiary/aromatic N) is 1. The van der Waals surface area contributed by atoms with Gasteiger partial charge in [-0.15, -0.1) is 0 Å². The van der Waals surface area contributed by atoms with Gasteiger partial charge in [0, 0.05) is 20.1 Å². The van der Waals surface area contributed by atoms with Gasteiger partial charge in [-0.05, 0) is 44.8 Å². The maximum Gasteiger partial charge on any atom is 0.219 e. The highest BCUT2D eigenvalue weighted by molar-refractivity contribution is 5.75. The van der Waals surface area contributed by atoms with Crippen molar-refractivity contribution in [1.82, 2.24) is 10.2 Å². The fourth-order valence-electron chi connectivity index (χ4n) is 1.98. The van der Waals surface area contributed by atoms with E-state index in [-0.39, 0.29) is 5.91 Å². The van der Waals surface area contributed by atoms with E-state index in [1.54, 1.807) is 7.05 Å². The van der Waals surface area contributed by atoms with E-state index in [9.17, 15) is 4.79 Å². The summed E-state index contributed by atoms with van der Waals surface area (Å²) in [6.07, 6.45) is 3.74. The highest BCUT2D eigenvalue weighted by Crippen LogP contribution is 2.16. The van der Waals surface area contributed by atoms with Crippen LogP contribution >= 0.6 is 0 Å². The number of piperidine rings is 1. The molecule has 1 heterocycles. The van der Waals surface area contributed by atoms with Crippen LogP contribution < -0.4 is 5.32 Å². The van der Waals surface area contributed by atoms with Gasteiger partial charge < -0.3 is 15.3 Å². The fourth-order valence-corrected chi connectivity index (χ4v) is 1.98. The molecule has 0 aromatic heterocycles. The third-order valence-corrected chi connectivity index (χ3v) is 3.12. The Labute approximate surface area is 91.6 Å². The smallest absolute Gasteiger partial charge is 0.219 e. The van der Waals surface area contributed by atoms with Crippen molar-refractivity contribution in [2.45, 2.75) is 25.7 Å². The number of hydrogen-bond donors (Lipinski definition) is 2. The summed E-state index contributed by atoms with van der Waals surface area (Å²) >= 11 is 0. The number of amides is 1. The van der Waals surface area contributed by atoms with Gasteiger partial charge in [0.25, 0.3) is 0 Å². The van der Waals surface area contributed by atoms with Crippen molar-refractivity contribution in [2.75, 3.05) is 33.3 Å². The Morgan fingerprint density at radius 2 is 2.13 bits per heavy atom. The molecule has 88 valence electrons. The second-order valence-electron chi connectivity index (χ2n) is 4.24. The summed E-state index contributed by atoms with van der Waals surface area (Å²) in [5.41, 5.74) is 0. The van der Waals surface area contributed by atoms with Gasteiger partial charge in [-0.3, -0.25) is 4.79 Å². The van der Waals surface area contributed by atoms with Crippen LogP contribution in [0.15, 0.2) is 0 Å². The topological polar surface area (TPSA) is 52.6 Å². The zero-order valence-corrected chi connectivity index (χ0v) is 9.54. The molecule has 2 N–H and O–H groups in total. The van der Waals surface area contributed by atoms with Gasteiger partial charge in [-0.1, -0.05) is 0 Å². The zero-order valence-electron chi connectivity index (χ0n) is 9.54. The number of aliphatic hydroxyl groups is 1. The molecule has 4 heteroatoms. The van der Waals surface area contributed by atoms with E-state index in [4.69, 9.17) is 5.11 Å². The van der Waals surface area contributed by atoms with E-state index in [1.165, 1.54) is 0 Å². The van der Waals surface area contributed by atoms with Crippen LogP contribution in [0.5, 0.6) is 0 Å². The Morgan fingerprint density at radius 1 is 1.47 bits per heavy atom. The lowest BCUT2D eigenvalue weighted by molar-refractivity contribution is -0.120. The first-order valence-corrected chi connectivity index (χ1v) is 5.80. The van der Waals surface area contributed by atoms with Crippen LogP contribution in [0.25, 0.3) is 0 Å². The van der Waals surface area contributed by atoms with Crippen LogP contribution in [0.3, 0.4) is 0 Å². The van der Waals surface area contributed by atoms with Crippen LogP contribution in [-0.2, 0) is 4.79 Å². The predicted octanol–water partition coefficient (Wildman–Crippen LogP) is 0.217. The molecule has 1 rings (SSSR count). The lowest BCUT2D eigenvalue weighted by atomic mass is 9.98. The van der Waals surface area contributed by atoms with Crippen LogP contribution in [0.4, 0.5) is 0 Å². The Morgan fingerprint density at radius 3 is 2.67 bits per heavy atom. The highest BCUT2D eigenvalue weighted by Gasteiger charge is 2.17. The maximum absolute atomic E-state index is 11.0. The molecule has 0 radical (unpaired) electrons. The summed E-state index contributed by atoms with van der Waals surface area (Å²) < 4.78 is 0. The minimum absolute atomic E-state index is 0.125. The number of carbonyl (C=O) groups excluding carboxylic acids is 1. The van der Waals surface area contributed by atoms with Gasteiger partial charge in [-0.25, -0.2) is 0 Å². The Hall–Kier alpha value is -0.610. The van der Waals surface area contributed by atoms with E-state index in [0.717, 1.165) is 38.9 Å². The van der Waals surface area contributed by atoms with Gasteiger partial charge in [0.05, 0.1) is 0 Å². The van der Waals surface area contributed by atoms with Crippen LogP contribution in [-0.4, -0.2) is 49.2 Å². The Balaban J connectivity index is 2.06. The lowest BCUT2D eigenvalue weighted by Crippen LogP contribution is -2.35. The van der Waals surface area contributed by atoms with E-state index >= 15 is 0 Å². The van der Waals surface area contributed by atoms with Crippen molar-refractivity contribution in [1.29, 1.82) is 0 Å². The third-order valence-electron chi connectivity index (χ3n) is 3.12. The minimum Gasteiger partial charge on any atom is -0.396 e. The molecule has 0 unspecified atom stereocenters. The van der Waals surface area contributed by atoms with Crippen LogP contribution in [0.2, 0.25) is 0 Å². The van der Waals surface area contributed by atoms with Crippen LogP contribution in [0.1, 0.15) is 25.7 Å². The normalized spacial score (nSPS) is 19.1. The summed E-state index contributed by atoms with van der Waals surface area (Å²) in [4.78, 5) is 13.4. The largest absolute Gasteiger partial charge is 0.396 e. The molecule has 1 aliphatic heterocycles. The molecule has 1 amide bonds.